The first kappa shape index (κ1) is 16.4. The molecule has 0 bridgehead atoms. The van der Waals surface area contributed by atoms with Crippen LogP contribution < -0.4 is 5.32 Å². The van der Waals surface area contributed by atoms with E-state index in [0.29, 0.717) is 11.3 Å². The first-order chi connectivity index (χ1) is 12.1. The van der Waals surface area contributed by atoms with Crippen LogP contribution in [0.15, 0.2) is 60.3 Å². The molecule has 0 aliphatic carbocycles. The number of nitrogens with zero attached hydrogens (tertiary/aromatic N) is 2. The molecule has 2 amide bonds. The van der Waals surface area contributed by atoms with Crippen LogP contribution in [0, 0.1) is 11.3 Å². The fraction of sp³-hybridized carbons (Fsp3) is 0.105. The summed E-state index contributed by atoms with van der Waals surface area (Å²) in [5, 5.41) is 20.9. The van der Waals surface area contributed by atoms with Gasteiger partial charge in [-0.2, -0.15) is 5.26 Å². The summed E-state index contributed by atoms with van der Waals surface area (Å²) < 4.78 is 0. The number of amides is 2. The summed E-state index contributed by atoms with van der Waals surface area (Å²) in [7, 11) is 0. The lowest BCUT2D eigenvalue weighted by Crippen LogP contribution is -2.34. The lowest BCUT2D eigenvalue weighted by molar-refractivity contribution is -0.137. The first-order valence-corrected chi connectivity index (χ1v) is 7.69. The minimum Gasteiger partial charge on any atom is -0.395 e. The number of nitriles is 1. The number of benzene rings is 2. The summed E-state index contributed by atoms with van der Waals surface area (Å²) in [5.41, 5.74) is 3.12. The number of para-hydroxylation sites is 1. The summed E-state index contributed by atoms with van der Waals surface area (Å²) in [5.74, 6) is -0.911. The second-order valence-corrected chi connectivity index (χ2v) is 5.44. The van der Waals surface area contributed by atoms with E-state index in [1.54, 1.807) is 18.2 Å². The lowest BCUT2D eigenvalue weighted by Gasteiger charge is -2.15. The third-order valence-electron chi connectivity index (χ3n) is 3.85. The first-order valence-electron chi connectivity index (χ1n) is 7.69. The summed E-state index contributed by atoms with van der Waals surface area (Å²) in [6.45, 7) is -0.308. The molecule has 6 nitrogen and oxygen atoms in total. The standard InChI is InChI=1S/C19H15N3O3/c20-12-13-5-7-14(8-6-13)15-3-1-2-4-16(15)21-17-11-18(24)22(9-10-23)19(17)25/h1-8,11,21,23H,9-10H2. The monoisotopic (exact) mass is 333 g/mol. The predicted octanol–water partition coefficient (Wildman–Crippen LogP) is 1.88. The second kappa shape index (κ2) is 6.99. The molecule has 6 heteroatoms. The molecular formula is C19H15N3O3. The van der Waals surface area contributed by atoms with Crippen LogP contribution >= 0.6 is 0 Å². The van der Waals surface area contributed by atoms with Gasteiger partial charge in [-0.05, 0) is 23.8 Å². The molecule has 2 aromatic rings. The predicted molar refractivity (Wildman–Crippen MR) is 92.1 cm³/mol. The van der Waals surface area contributed by atoms with Crippen molar-refractivity contribution in [3.05, 3.63) is 65.9 Å². The van der Waals surface area contributed by atoms with Crippen LogP contribution in [-0.4, -0.2) is 35.0 Å². The van der Waals surface area contributed by atoms with Crippen molar-refractivity contribution in [3.63, 3.8) is 0 Å². The molecule has 0 saturated heterocycles. The van der Waals surface area contributed by atoms with E-state index in [9.17, 15) is 9.59 Å². The molecule has 25 heavy (non-hydrogen) atoms. The third kappa shape index (κ3) is 3.27. The van der Waals surface area contributed by atoms with E-state index < -0.39 is 11.8 Å². The summed E-state index contributed by atoms with van der Waals surface area (Å²) >= 11 is 0. The summed E-state index contributed by atoms with van der Waals surface area (Å²) in [6.07, 6.45) is 1.23. The largest absolute Gasteiger partial charge is 0.395 e. The van der Waals surface area contributed by atoms with Crippen molar-refractivity contribution in [1.82, 2.24) is 4.90 Å². The normalized spacial score (nSPS) is 13.6. The average Bonchev–Trinajstić information content (AvgIpc) is 2.90. The number of aliphatic hydroxyl groups excluding tert-OH is 1. The minimum atomic E-state index is -0.464. The Labute approximate surface area is 144 Å². The fourth-order valence-corrected chi connectivity index (χ4v) is 2.62. The molecule has 2 aromatic carbocycles. The molecule has 0 unspecified atom stereocenters. The van der Waals surface area contributed by atoms with Gasteiger partial charge in [0.1, 0.15) is 5.70 Å². The Balaban J connectivity index is 1.89. The van der Waals surface area contributed by atoms with Gasteiger partial charge in [-0.15, -0.1) is 0 Å². The van der Waals surface area contributed by atoms with Crippen LogP contribution in [0.1, 0.15) is 5.56 Å². The number of anilines is 1. The Morgan fingerprint density at radius 3 is 2.48 bits per heavy atom. The summed E-state index contributed by atoms with van der Waals surface area (Å²) in [4.78, 5) is 25.1. The Hall–Kier alpha value is -3.43. The maximum atomic E-state index is 12.3. The van der Waals surface area contributed by atoms with E-state index in [0.717, 1.165) is 16.0 Å². The highest BCUT2D eigenvalue weighted by Gasteiger charge is 2.30. The second-order valence-electron chi connectivity index (χ2n) is 5.44. The fourth-order valence-electron chi connectivity index (χ4n) is 2.62. The zero-order valence-electron chi connectivity index (χ0n) is 13.3. The van der Waals surface area contributed by atoms with E-state index in [2.05, 4.69) is 11.4 Å². The van der Waals surface area contributed by atoms with Gasteiger partial charge in [0.05, 0.1) is 24.8 Å². The zero-order valence-corrected chi connectivity index (χ0v) is 13.3. The van der Waals surface area contributed by atoms with Crippen LogP contribution in [0.3, 0.4) is 0 Å². The molecule has 0 saturated carbocycles. The summed E-state index contributed by atoms with van der Waals surface area (Å²) in [6, 6.07) is 16.6. The smallest absolute Gasteiger partial charge is 0.277 e. The number of aliphatic hydroxyl groups is 1. The zero-order chi connectivity index (χ0) is 17.8. The molecule has 0 radical (unpaired) electrons. The number of nitrogens with one attached hydrogen (secondary N) is 1. The van der Waals surface area contributed by atoms with Gasteiger partial charge in [0, 0.05) is 17.3 Å². The van der Waals surface area contributed by atoms with Crippen LogP contribution in [0.25, 0.3) is 11.1 Å². The van der Waals surface area contributed by atoms with Gasteiger partial charge >= 0.3 is 0 Å². The van der Waals surface area contributed by atoms with Crippen molar-refractivity contribution in [1.29, 1.82) is 5.26 Å². The number of carbonyl (C=O) groups is 2. The van der Waals surface area contributed by atoms with E-state index >= 15 is 0 Å². The maximum absolute atomic E-state index is 12.3. The van der Waals surface area contributed by atoms with E-state index in [-0.39, 0.29) is 18.8 Å². The third-order valence-corrected chi connectivity index (χ3v) is 3.85. The number of rotatable bonds is 5. The van der Waals surface area contributed by atoms with Crippen molar-refractivity contribution < 1.29 is 14.7 Å². The van der Waals surface area contributed by atoms with Gasteiger partial charge in [-0.3, -0.25) is 14.5 Å². The highest BCUT2D eigenvalue weighted by molar-refractivity contribution is 6.17. The van der Waals surface area contributed by atoms with Gasteiger partial charge in [0.25, 0.3) is 11.8 Å². The molecule has 0 fully saturated rings. The molecule has 1 heterocycles. The molecule has 1 aliphatic rings. The molecule has 1 aliphatic heterocycles. The molecule has 2 N–H and O–H groups in total. The van der Waals surface area contributed by atoms with Crippen molar-refractivity contribution >= 4 is 17.5 Å². The highest BCUT2D eigenvalue weighted by Crippen LogP contribution is 2.30. The Kier molecular flexibility index (Phi) is 4.59. The minimum absolute atomic E-state index is 0.0311. The van der Waals surface area contributed by atoms with E-state index in [4.69, 9.17) is 10.4 Å². The number of hydrogen-bond donors (Lipinski definition) is 2. The molecule has 0 atom stereocenters. The van der Waals surface area contributed by atoms with Crippen molar-refractivity contribution in [2.24, 2.45) is 0 Å². The molecule has 124 valence electrons. The van der Waals surface area contributed by atoms with Crippen molar-refractivity contribution in [2.45, 2.75) is 0 Å². The molecule has 3 rings (SSSR count). The van der Waals surface area contributed by atoms with Crippen molar-refractivity contribution in [2.75, 3.05) is 18.5 Å². The SMILES string of the molecule is N#Cc1ccc(-c2ccccc2NC2=CC(=O)N(CCO)C2=O)cc1. The average molecular weight is 333 g/mol. The van der Waals surface area contributed by atoms with Gasteiger partial charge in [0.15, 0.2) is 0 Å². The molecule has 0 aromatic heterocycles. The van der Waals surface area contributed by atoms with Gasteiger partial charge in [-0.25, -0.2) is 0 Å². The van der Waals surface area contributed by atoms with Crippen LogP contribution in [0.2, 0.25) is 0 Å². The van der Waals surface area contributed by atoms with Crippen LogP contribution in [-0.2, 0) is 9.59 Å². The number of imide groups is 1. The van der Waals surface area contributed by atoms with Crippen LogP contribution in [0.4, 0.5) is 5.69 Å². The van der Waals surface area contributed by atoms with E-state index in [1.807, 2.05) is 30.3 Å². The maximum Gasteiger partial charge on any atom is 0.277 e. The number of carbonyl (C=O) groups excluding carboxylic acids is 2. The van der Waals surface area contributed by atoms with Crippen LogP contribution in [0.5, 0.6) is 0 Å². The van der Waals surface area contributed by atoms with Gasteiger partial charge in [-0.1, -0.05) is 30.3 Å². The molecular weight excluding hydrogens is 318 g/mol. The Morgan fingerprint density at radius 1 is 1.08 bits per heavy atom. The van der Waals surface area contributed by atoms with Gasteiger partial charge < -0.3 is 10.4 Å². The molecule has 0 spiro atoms. The highest BCUT2D eigenvalue weighted by atomic mass is 16.3. The Morgan fingerprint density at radius 2 is 1.80 bits per heavy atom. The quantitative estimate of drug-likeness (QED) is 0.815. The number of hydrogen-bond acceptors (Lipinski definition) is 5. The van der Waals surface area contributed by atoms with Crippen molar-refractivity contribution in [3.8, 4) is 17.2 Å². The van der Waals surface area contributed by atoms with Gasteiger partial charge in [0.2, 0.25) is 0 Å². The lowest BCUT2D eigenvalue weighted by atomic mass is 10.0. The van der Waals surface area contributed by atoms with E-state index in [1.165, 1.54) is 6.08 Å². The topological polar surface area (TPSA) is 93.4 Å². The number of β-amino-alcohol motifs (C(OH)–C–C–N with tert-alkyl or cyclic N) is 1. The Bertz CT molecular complexity index is 895.